The molecule has 16 heavy (non-hydrogen) atoms. The molecule has 1 heterocycles. The second-order valence-electron chi connectivity index (χ2n) is 3.72. The van der Waals surface area contributed by atoms with Gasteiger partial charge >= 0.3 is 0 Å². The number of pyridine rings is 1. The summed E-state index contributed by atoms with van der Waals surface area (Å²) in [5.74, 6) is 0.548. The van der Waals surface area contributed by atoms with Gasteiger partial charge in [0.2, 0.25) is 5.88 Å². The van der Waals surface area contributed by atoms with Crippen LogP contribution in [0, 0.1) is 6.92 Å². The van der Waals surface area contributed by atoms with E-state index in [4.69, 9.17) is 10.5 Å². The first-order valence-corrected chi connectivity index (χ1v) is 5.75. The lowest BCUT2D eigenvalue weighted by atomic mass is 10.2. The molecule has 0 saturated heterocycles. The summed E-state index contributed by atoms with van der Waals surface area (Å²) in [4.78, 5) is 6.42. The van der Waals surface area contributed by atoms with Gasteiger partial charge in [-0.3, -0.25) is 0 Å². The third-order valence-corrected chi connectivity index (χ3v) is 2.71. The molecule has 0 aliphatic heterocycles. The first-order chi connectivity index (χ1) is 7.69. The Bertz CT molecular complexity index is 324. The molecule has 1 aromatic heterocycles. The molecule has 0 aliphatic rings. The molecule has 0 amide bonds. The number of hydrogen-bond donors (Lipinski definition) is 1. The van der Waals surface area contributed by atoms with Crippen LogP contribution in [0.1, 0.15) is 19.4 Å². The highest BCUT2D eigenvalue weighted by molar-refractivity contribution is 5.53. The van der Waals surface area contributed by atoms with Crippen LogP contribution in [0.5, 0.6) is 5.88 Å². The second-order valence-corrected chi connectivity index (χ2v) is 3.72. The minimum Gasteiger partial charge on any atom is -0.475 e. The predicted octanol–water partition coefficient (Wildman–Crippen LogP) is 1.69. The predicted molar refractivity (Wildman–Crippen MR) is 66.7 cm³/mol. The zero-order chi connectivity index (χ0) is 12.0. The van der Waals surface area contributed by atoms with Gasteiger partial charge in [-0.05, 0) is 31.6 Å². The first kappa shape index (κ1) is 12.8. The van der Waals surface area contributed by atoms with Gasteiger partial charge in [-0.25, -0.2) is 4.98 Å². The van der Waals surface area contributed by atoms with Crippen molar-refractivity contribution >= 4 is 5.69 Å². The zero-order valence-electron chi connectivity index (χ0n) is 10.4. The van der Waals surface area contributed by atoms with E-state index in [-0.39, 0.29) is 0 Å². The van der Waals surface area contributed by atoms with Crippen LogP contribution in [0.25, 0.3) is 0 Å². The molecule has 0 bridgehead atoms. The van der Waals surface area contributed by atoms with E-state index in [0.717, 1.165) is 25.2 Å². The number of hydrogen-bond acceptors (Lipinski definition) is 4. The summed E-state index contributed by atoms with van der Waals surface area (Å²) >= 11 is 0. The number of aryl methyl sites for hydroxylation is 1. The Morgan fingerprint density at radius 1 is 1.38 bits per heavy atom. The third kappa shape index (κ3) is 3.38. The molecule has 0 radical (unpaired) electrons. The zero-order valence-corrected chi connectivity index (χ0v) is 10.4. The first-order valence-electron chi connectivity index (χ1n) is 5.75. The Balaban J connectivity index is 2.46. The second kappa shape index (κ2) is 6.33. The van der Waals surface area contributed by atoms with Crippen LogP contribution in [0.4, 0.5) is 5.69 Å². The van der Waals surface area contributed by atoms with Crippen molar-refractivity contribution in [2.24, 2.45) is 0 Å². The van der Waals surface area contributed by atoms with E-state index in [1.807, 2.05) is 13.0 Å². The van der Waals surface area contributed by atoms with Crippen molar-refractivity contribution in [3.63, 3.8) is 0 Å². The van der Waals surface area contributed by atoms with Crippen molar-refractivity contribution in [1.82, 2.24) is 9.88 Å². The molecule has 0 atom stereocenters. The van der Waals surface area contributed by atoms with Gasteiger partial charge < -0.3 is 15.4 Å². The molecular formula is C12H21N3O. The van der Waals surface area contributed by atoms with E-state index < -0.39 is 0 Å². The van der Waals surface area contributed by atoms with Crippen molar-refractivity contribution in [1.29, 1.82) is 0 Å². The maximum Gasteiger partial charge on any atom is 0.237 e. The maximum absolute atomic E-state index is 5.86. The van der Waals surface area contributed by atoms with E-state index in [1.54, 1.807) is 6.20 Å². The third-order valence-electron chi connectivity index (χ3n) is 2.71. The number of nitrogens with zero attached hydrogens (tertiary/aromatic N) is 2. The monoisotopic (exact) mass is 223 g/mol. The number of rotatable bonds is 6. The van der Waals surface area contributed by atoms with Crippen LogP contribution in [0.15, 0.2) is 12.3 Å². The van der Waals surface area contributed by atoms with Gasteiger partial charge in [-0.15, -0.1) is 0 Å². The van der Waals surface area contributed by atoms with Crippen molar-refractivity contribution in [2.75, 3.05) is 32.0 Å². The minimum atomic E-state index is 0.548. The normalized spacial score (nSPS) is 10.8. The molecule has 4 heteroatoms. The molecule has 1 rings (SSSR count). The lowest BCUT2D eigenvalue weighted by Gasteiger charge is -2.18. The number of nitrogen functional groups attached to an aromatic ring is 1. The Morgan fingerprint density at radius 2 is 2.06 bits per heavy atom. The van der Waals surface area contributed by atoms with Gasteiger partial charge in [-0.2, -0.15) is 0 Å². The van der Waals surface area contributed by atoms with Crippen molar-refractivity contribution in [3.8, 4) is 5.88 Å². The summed E-state index contributed by atoms with van der Waals surface area (Å²) < 4.78 is 5.57. The molecule has 0 fully saturated rings. The molecule has 0 unspecified atom stereocenters. The van der Waals surface area contributed by atoms with E-state index in [1.165, 1.54) is 0 Å². The Hall–Kier alpha value is -1.29. The summed E-state index contributed by atoms with van der Waals surface area (Å²) in [6.07, 6.45) is 1.72. The smallest absolute Gasteiger partial charge is 0.237 e. The highest BCUT2D eigenvalue weighted by Crippen LogP contribution is 2.20. The molecule has 0 aliphatic carbocycles. The van der Waals surface area contributed by atoms with E-state index in [9.17, 15) is 0 Å². The van der Waals surface area contributed by atoms with Crippen LogP contribution in [0.2, 0.25) is 0 Å². The highest BCUT2D eigenvalue weighted by atomic mass is 16.5. The molecular weight excluding hydrogens is 202 g/mol. The van der Waals surface area contributed by atoms with Gasteiger partial charge in [0.15, 0.2) is 0 Å². The standard InChI is InChI=1S/C12H21N3O/c1-4-15(5-2)8-9-16-12-11(13)10(3)6-7-14-12/h6-7H,4-5,8-9,13H2,1-3H3. The van der Waals surface area contributed by atoms with Crippen LogP contribution >= 0.6 is 0 Å². The quantitative estimate of drug-likeness (QED) is 0.797. The molecule has 4 nitrogen and oxygen atoms in total. The van der Waals surface area contributed by atoms with E-state index in [0.29, 0.717) is 18.2 Å². The Morgan fingerprint density at radius 3 is 2.69 bits per heavy atom. The van der Waals surface area contributed by atoms with E-state index >= 15 is 0 Å². The highest BCUT2D eigenvalue weighted by Gasteiger charge is 2.05. The lowest BCUT2D eigenvalue weighted by molar-refractivity contribution is 0.218. The van der Waals surface area contributed by atoms with Crippen molar-refractivity contribution in [3.05, 3.63) is 17.8 Å². The average molecular weight is 223 g/mol. The van der Waals surface area contributed by atoms with Gasteiger partial charge in [0, 0.05) is 12.7 Å². The van der Waals surface area contributed by atoms with Crippen molar-refractivity contribution in [2.45, 2.75) is 20.8 Å². The molecule has 1 aromatic rings. The number of ether oxygens (including phenoxy) is 1. The number of anilines is 1. The SMILES string of the molecule is CCN(CC)CCOc1nccc(C)c1N. The topological polar surface area (TPSA) is 51.4 Å². The van der Waals surface area contributed by atoms with Crippen LogP contribution in [-0.4, -0.2) is 36.1 Å². The largest absolute Gasteiger partial charge is 0.475 e. The van der Waals surface area contributed by atoms with Crippen LogP contribution < -0.4 is 10.5 Å². The Kier molecular flexibility index (Phi) is 5.05. The fourth-order valence-electron chi connectivity index (χ4n) is 1.47. The van der Waals surface area contributed by atoms with Crippen molar-refractivity contribution < 1.29 is 4.74 Å². The van der Waals surface area contributed by atoms with Gasteiger partial charge in [0.1, 0.15) is 6.61 Å². The molecule has 90 valence electrons. The van der Waals surface area contributed by atoms with Crippen LogP contribution in [-0.2, 0) is 0 Å². The summed E-state index contributed by atoms with van der Waals surface area (Å²) in [6.45, 7) is 9.84. The lowest BCUT2D eigenvalue weighted by Crippen LogP contribution is -2.28. The summed E-state index contributed by atoms with van der Waals surface area (Å²) in [6, 6.07) is 1.88. The fraction of sp³-hybridized carbons (Fsp3) is 0.583. The molecule has 0 spiro atoms. The van der Waals surface area contributed by atoms with Gasteiger partial charge in [0.05, 0.1) is 5.69 Å². The Labute approximate surface area is 97.4 Å². The number of aromatic nitrogens is 1. The number of likely N-dealkylation sites (N-methyl/N-ethyl adjacent to an activating group) is 1. The van der Waals surface area contributed by atoms with Gasteiger partial charge in [-0.1, -0.05) is 13.8 Å². The van der Waals surface area contributed by atoms with E-state index in [2.05, 4.69) is 23.7 Å². The average Bonchev–Trinajstić information content (AvgIpc) is 2.30. The van der Waals surface area contributed by atoms with Crippen LogP contribution in [0.3, 0.4) is 0 Å². The minimum absolute atomic E-state index is 0.548. The summed E-state index contributed by atoms with van der Waals surface area (Å²) in [5, 5.41) is 0. The molecule has 0 aromatic carbocycles. The van der Waals surface area contributed by atoms with Gasteiger partial charge in [0.25, 0.3) is 0 Å². The fourth-order valence-corrected chi connectivity index (χ4v) is 1.47. The summed E-state index contributed by atoms with van der Waals surface area (Å²) in [5.41, 5.74) is 7.51. The maximum atomic E-state index is 5.86. The molecule has 0 saturated carbocycles. The molecule has 2 N–H and O–H groups in total. The number of nitrogens with two attached hydrogens (primary N) is 1. The summed E-state index contributed by atoms with van der Waals surface area (Å²) in [7, 11) is 0.